The van der Waals surface area contributed by atoms with Gasteiger partial charge in [0, 0.05) is 21.6 Å². The molecule has 0 heterocycles. The van der Waals surface area contributed by atoms with Gasteiger partial charge in [0.1, 0.15) is 12.2 Å². The number of aliphatic hydroxyl groups is 2. The third-order valence-corrected chi connectivity index (χ3v) is 10.9. The zero-order valence-corrected chi connectivity index (χ0v) is 24.4. The van der Waals surface area contributed by atoms with Crippen LogP contribution in [-0.4, -0.2) is 55.7 Å². The number of nitrogens with one attached hydrogen (secondary N) is 1. The molecule has 13 nitrogen and oxygen atoms in total. The van der Waals surface area contributed by atoms with Crippen molar-refractivity contribution in [2.45, 2.75) is 70.5 Å². The van der Waals surface area contributed by atoms with Gasteiger partial charge in [-0.3, -0.25) is 14.1 Å². The molecule has 4 aliphatic rings. The van der Waals surface area contributed by atoms with Crippen LogP contribution in [0, 0.1) is 28.6 Å². The zero-order chi connectivity index (χ0) is 30.5. The van der Waals surface area contributed by atoms with Gasteiger partial charge < -0.3 is 20.0 Å². The number of carbonyl (C=O) groups excluding carboxylic acids is 2. The van der Waals surface area contributed by atoms with Crippen LogP contribution in [-0.2, 0) is 13.9 Å². The monoisotopic (exact) mass is 601 g/mol. The number of carbonyl (C=O) groups is 2. The molecule has 0 aliphatic heterocycles. The van der Waals surface area contributed by atoms with Crippen LogP contribution in [0.15, 0.2) is 46.1 Å². The molecule has 7 atom stereocenters. The smallest absolute Gasteiger partial charge is 0.393 e. The predicted octanol–water partition coefficient (Wildman–Crippen LogP) is 4.06. The molecular weight excluding hydrogens is 565 g/mol. The Morgan fingerprint density at radius 1 is 1.21 bits per heavy atom. The summed E-state index contributed by atoms with van der Waals surface area (Å²) < 4.78 is 15.6. The van der Waals surface area contributed by atoms with Crippen LogP contribution >= 0.6 is 7.82 Å². The van der Waals surface area contributed by atoms with Crippen molar-refractivity contribution in [2.24, 2.45) is 38.8 Å². The van der Waals surface area contributed by atoms with Crippen LogP contribution in [0.4, 0.5) is 5.69 Å². The molecule has 0 aromatic heterocycles. The lowest BCUT2D eigenvalue weighted by Gasteiger charge is -2.60. The molecule has 5 rings (SSSR count). The molecule has 0 spiro atoms. The van der Waals surface area contributed by atoms with Crippen molar-refractivity contribution in [3.63, 3.8) is 0 Å². The van der Waals surface area contributed by atoms with Gasteiger partial charge in [-0.15, -0.1) is 0 Å². The molecule has 0 bridgehead atoms. The van der Waals surface area contributed by atoms with Gasteiger partial charge in [0.05, 0.1) is 11.8 Å². The predicted molar refractivity (Wildman–Crippen MR) is 151 cm³/mol. The number of azide groups is 1. The van der Waals surface area contributed by atoms with Crippen LogP contribution < -0.4 is 5.43 Å². The van der Waals surface area contributed by atoms with E-state index in [4.69, 9.17) is 15.3 Å². The molecular formula is C28H36N5O8P. The Kier molecular flexibility index (Phi) is 8.00. The van der Waals surface area contributed by atoms with Crippen molar-refractivity contribution < 1.29 is 38.7 Å². The highest BCUT2D eigenvalue weighted by molar-refractivity contribution is 7.46. The van der Waals surface area contributed by atoms with E-state index in [2.05, 4.69) is 32.0 Å². The van der Waals surface area contributed by atoms with E-state index in [1.165, 1.54) is 6.07 Å². The first-order valence-electron chi connectivity index (χ1n) is 14.1. The number of phosphoric acid groups is 1. The van der Waals surface area contributed by atoms with Crippen LogP contribution in [0.1, 0.15) is 69.2 Å². The second-order valence-corrected chi connectivity index (χ2v) is 13.7. The van der Waals surface area contributed by atoms with Crippen molar-refractivity contribution >= 4 is 30.9 Å². The normalized spacial score (nSPS) is 36.6. The minimum absolute atomic E-state index is 0.0481. The standard InChI is InChI=1S/C28H36N5O8P/c1-26-10-8-19(30-32-25(36)16-4-3-5-18(12-16)31-33-29)13-17(26)6-7-20-21-9-11-28(37,23(35)15-41-42(38,39)40)27(21,2)14-22(34)24(20)26/h3-5,12-13,20-22,24,34,37H,6-11,14-15H2,1-2H3,(H,32,36)(H2,38,39,40)/b30-19+/t20-,21-,22-,24+,26-,27-,28-/m0/s1. The van der Waals surface area contributed by atoms with Gasteiger partial charge >= 0.3 is 7.82 Å². The van der Waals surface area contributed by atoms with Crippen molar-refractivity contribution in [1.29, 1.82) is 0 Å². The number of hydrogen-bond acceptors (Lipinski definition) is 8. The Hall–Kier alpha value is -2.89. The Morgan fingerprint density at radius 2 is 1.98 bits per heavy atom. The number of allylic oxidation sites excluding steroid dienone is 2. The molecule has 4 aliphatic carbocycles. The third-order valence-electron chi connectivity index (χ3n) is 10.5. The van der Waals surface area contributed by atoms with Gasteiger partial charge in [-0.05, 0) is 91.9 Å². The van der Waals surface area contributed by atoms with E-state index in [0.29, 0.717) is 30.5 Å². The largest absolute Gasteiger partial charge is 0.470 e. The van der Waals surface area contributed by atoms with Gasteiger partial charge in [-0.25, -0.2) is 9.99 Å². The van der Waals surface area contributed by atoms with E-state index in [-0.39, 0.29) is 36.0 Å². The second-order valence-electron chi connectivity index (χ2n) is 12.5. The van der Waals surface area contributed by atoms with E-state index in [1.807, 2.05) is 13.0 Å². The molecule has 0 unspecified atom stereocenters. The van der Waals surface area contributed by atoms with Crippen molar-refractivity contribution in [2.75, 3.05) is 6.61 Å². The first-order valence-corrected chi connectivity index (χ1v) is 15.6. The topological polar surface area (TPSA) is 215 Å². The number of hydrogen-bond donors (Lipinski definition) is 5. The van der Waals surface area contributed by atoms with Crippen molar-refractivity contribution in [1.82, 2.24) is 5.43 Å². The fourth-order valence-electron chi connectivity index (χ4n) is 8.46. The number of amides is 1. The highest BCUT2D eigenvalue weighted by Gasteiger charge is 2.68. The summed E-state index contributed by atoms with van der Waals surface area (Å²) in [6.45, 7) is 3.07. The number of phosphoric ester groups is 1. The van der Waals surface area contributed by atoms with Gasteiger partial charge in [0.15, 0.2) is 5.78 Å². The minimum atomic E-state index is -4.88. The Morgan fingerprint density at radius 3 is 2.69 bits per heavy atom. The molecule has 0 saturated heterocycles. The lowest BCUT2D eigenvalue weighted by Crippen LogP contribution is -2.62. The fourth-order valence-corrected chi connectivity index (χ4v) is 8.75. The number of ketones is 1. The number of benzene rings is 1. The third kappa shape index (κ3) is 5.24. The molecule has 1 aromatic carbocycles. The average Bonchev–Trinajstić information content (AvgIpc) is 3.20. The lowest BCUT2D eigenvalue weighted by molar-refractivity contribution is -0.181. The highest BCUT2D eigenvalue weighted by Crippen LogP contribution is 2.67. The summed E-state index contributed by atoms with van der Waals surface area (Å²) in [5, 5.41) is 31.1. The number of nitrogens with zero attached hydrogens (tertiary/aromatic N) is 4. The van der Waals surface area contributed by atoms with Gasteiger partial charge in [-0.2, -0.15) is 5.10 Å². The van der Waals surface area contributed by atoms with Crippen LogP contribution in [0.25, 0.3) is 10.4 Å². The van der Waals surface area contributed by atoms with E-state index in [9.17, 15) is 24.4 Å². The molecule has 3 fully saturated rings. The van der Waals surface area contributed by atoms with Gasteiger partial charge in [0.25, 0.3) is 5.91 Å². The summed E-state index contributed by atoms with van der Waals surface area (Å²) in [6.07, 6.45) is 4.89. The fraction of sp³-hybridized carbons (Fsp3) is 0.607. The molecule has 42 heavy (non-hydrogen) atoms. The number of Topliss-reactive ketones (excluding diaryl/α,β-unsaturated/α-hetero) is 1. The highest BCUT2D eigenvalue weighted by atomic mass is 31.2. The Bertz CT molecular complexity index is 1450. The summed E-state index contributed by atoms with van der Waals surface area (Å²) >= 11 is 0. The first-order chi connectivity index (χ1) is 19.7. The van der Waals surface area contributed by atoms with Crippen molar-refractivity contribution in [3.8, 4) is 0 Å². The van der Waals surface area contributed by atoms with E-state index < -0.39 is 43.2 Å². The Balaban J connectivity index is 1.33. The summed E-state index contributed by atoms with van der Waals surface area (Å²) in [5.74, 6) is -1.30. The van der Waals surface area contributed by atoms with E-state index >= 15 is 0 Å². The maximum Gasteiger partial charge on any atom is 0.470 e. The molecule has 226 valence electrons. The second kappa shape index (κ2) is 11.0. The van der Waals surface area contributed by atoms with E-state index in [1.54, 1.807) is 18.2 Å². The summed E-state index contributed by atoms with van der Waals surface area (Å²) in [6, 6.07) is 6.30. The molecule has 0 radical (unpaired) electrons. The SMILES string of the molecule is C[C@]12CC/C(=N\NC(=O)c3cccc(N=[N+]=[N-])c3)C=C1CC[C@@H]1[C@@H]2[C@@H](O)C[C@@]2(C)[C@H]1CC[C@]2(O)C(=O)COP(=O)(O)O. The number of rotatable bonds is 7. The lowest BCUT2D eigenvalue weighted by atomic mass is 9.45. The van der Waals surface area contributed by atoms with Crippen LogP contribution in [0.5, 0.6) is 0 Å². The molecule has 1 amide bonds. The first kappa shape index (κ1) is 30.6. The van der Waals surface area contributed by atoms with Gasteiger partial charge in [0.2, 0.25) is 0 Å². The van der Waals surface area contributed by atoms with Gasteiger partial charge in [-0.1, -0.05) is 36.7 Å². The zero-order valence-electron chi connectivity index (χ0n) is 23.5. The summed E-state index contributed by atoms with van der Waals surface area (Å²) in [5.41, 5.74) is 10.6. The maximum atomic E-state index is 13.0. The molecule has 14 heteroatoms. The number of hydrazone groups is 1. The average molecular weight is 602 g/mol. The maximum absolute atomic E-state index is 13.0. The van der Waals surface area contributed by atoms with E-state index in [0.717, 1.165) is 24.1 Å². The number of fused-ring (bicyclic) bond motifs is 5. The quantitative estimate of drug-likeness (QED) is 0.101. The summed E-state index contributed by atoms with van der Waals surface area (Å²) in [4.78, 5) is 46.5. The minimum Gasteiger partial charge on any atom is -0.393 e. The molecule has 5 N–H and O–H groups in total. The van der Waals surface area contributed by atoms with Crippen LogP contribution in [0.3, 0.4) is 0 Å². The Labute approximate surface area is 242 Å². The van der Waals surface area contributed by atoms with Crippen LogP contribution in [0.2, 0.25) is 0 Å². The summed E-state index contributed by atoms with van der Waals surface area (Å²) in [7, 11) is -4.88. The van der Waals surface area contributed by atoms with Crippen molar-refractivity contribution in [3.05, 3.63) is 51.9 Å². The molecule has 3 saturated carbocycles. The number of aliphatic hydroxyl groups excluding tert-OH is 1. The molecule has 1 aromatic rings.